The van der Waals surface area contributed by atoms with Crippen molar-refractivity contribution in [1.29, 1.82) is 5.26 Å². The van der Waals surface area contributed by atoms with Crippen molar-refractivity contribution >= 4 is 0 Å². The van der Waals surface area contributed by atoms with Gasteiger partial charge in [0.15, 0.2) is 11.5 Å². The number of phenolic OH excluding ortho intramolecular Hbond substituents is 1. The van der Waals surface area contributed by atoms with Crippen LogP contribution < -0.4 is 4.74 Å². The highest BCUT2D eigenvalue weighted by molar-refractivity contribution is 5.45. The molecule has 1 rings (SSSR count). The number of aromatic hydroxyl groups is 1. The summed E-state index contributed by atoms with van der Waals surface area (Å²) in [6.45, 7) is 2.41. The van der Waals surface area contributed by atoms with Gasteiger partial charge in [0, 0.05) is 6.42 Å². The molecule has 0 unspecified atom stereocenters. The first-order valence-electron chi connectivity index (χ1n) is 5.10. The van der Waals surface area contributed by atoms with Crippen LogP contribution in [-0.2, 0) is 6.42 Å². The van der Waals surface area contributed by atoms with Crippen molar-refractivity contribution in [3.8, 4) is 17.6 Å². The minimum Gasteiger partial charge on any atom is -0.504 e. The molecule has 1 aromatic rings. The van der Waals surface area contributed by atoms with Crippen molar-refractivity contribution in [2.45, 2.75) is 26.2 Å². The lowest BCUT2D eigenvalue weighted by Crippen LogP contribution is -1.94. The van der Waals surface area contributed by atoms with Gasteiger partial charge < -0.3 is 9.84 Å². The van der Waals surface area contributed by atoms with Crippen molar-refractivity contribution in [3.63, 3.8) is 0 Å². The molecule has 0 spiro atoms. The minimum absolute atomic E-state index is 0.206. The lowest BCUT2D eigenvalue weighted by molar-refractivity contribution is 0.316. The van der Waals surface area contributed by atoms with Gasteiger partial charge in [0.25, 0.3) is 0 Å². The summed E-state index contributed by atoms with van der Waals surface area (Å²) < 4.78 is 5.27. The van der Waals surface area contributed by atoms with Crippen LogP contribution in [0.1, 0.15) is 25.3 Å². The highest BCUT2D eigenvalue weighted by atomic mass is 16.5. The second-order valence-electron chi connectivity index (χ2n) is 3.21. The van der Waals surface area contributed by atoms with E-state index in [-0.39, 0.29) is 5.75 Å². The SMILES string of the molecule is CCOc1cccc(CCCC#N)c1O. The summed E-state index contributed by atoms with van der Waals surface area (Å²) in [6.07, 6.45) is 1.98. The summed E-state index contributed by atoms with van der Waals surface area (Å²) in [5.74, 6) is 0.726. The second kappa shape index (κ2) is 5.92. The highest BCUT2D eigenvalue weighted by Crippen LogP contribution is 2.30. The second-order valence-corrected chi connectivity index (χ2v) is 3.21. The van der Waals surface area contributed by atoms with Gasteiger partial charge in [-0.15, -0.1) is 0 Å². The Morgan fingerprint density at radius 3 is 2.93 bits per heavy atom. The van der Waals surface area contributed by atoms with Gasteiger partial charge in [0.1, 0.15) is 0 Å². The molecule has 0 saturated heterocycles. The Balaban J connectivity index is 2.71. The maximum absolute atomic E-state index is 9.81. The molecule has 0 fully saturated rings. The van der Waals surface area contributed by atoms with Gasteiger partial charge >= 0.3 is 0 Å². The van der Waals surface area contributed by atoms with E-state index in [0.29, 0.717) is 25.2 Å². The molecule has 0 bridgehead atoms. The van der Waals surface area contributed by atoms with E-state index in [1.165, 1.54) is 0 Å². The molecule has 0 aromatic heterocycles. The average Bonchev–Trinajstić information content (AvgIpc) is 2.24. The van der Waals surface area contributed by atoms with Gasteiger partial charge in [-0.2, -0.15) is 5.26 Å². The monoisotopic (exact) mass is 205 g/mol. The van der Waals surface area contributed by atoms with Crippen molar-refractivity contribution in [3.05, 3.63) is 23.8 Å². The smallest absolute Gasteiger partial charge is 0.161 e. The van der Waals surface area contributed by atoms with Crippen LogP contribution >= 0.6 is 0 Å². The lowest BCUT2D eigenvalue weighted by atomic mass is 10.1. The third-order valence-corrected chi connectivity index (χ3v) is 2.12. The molecule has 1 N–H and O–H groups in total. The summed E-state index contributed by atoms with van der Waals surface area (Å²) in [7, 11) is 0. The predicted octanol–water partition coefficient (Wildman–Crippen LogP) is 2.64. The quantitative estimate of drug-likeness (QED) is 0.752. The number of ether oxygens (including phenoxy) is 1. The topological polar surface area (TPSA) is 53.2 Å². The largest absolute Gasteiger partial charge is 0.504 e. The van der Waals surface area contributed by atoms with E-state index < -0.39 is 0 Å². The van der Waals surface area contributed by atoms with E-state index in [2.05, 4.69) is 6.07 Å². The Kier molecular flexibility index (Phi) is 4.49. The third-order valence-electron chi connectivity index (χ3n) is 2.12. The standard InChI is InChI=1S/C12H15NO2/c1-2-15-11-8-5-7-10(12(11)14)6-3-4-9-13/h5,7-8,14H,2-4,6H2,1H3. The molecule has 0 aliphatic heterocycles. The van der Waals surface area contributed by atoms with Crippen molar-refractivity contribution in [2.75, 3.05) is 6.61 Å². The average molecular weight is 205 g/mol. The number of hydrogen-bond donors (Lipinski definition) is 1. The van der Waals surface area contributed by atoms with Crippen LogP contribution in [0.3, 0.4) is 0 Å². The molecule has 0 saturated carbocycles. The van der Waals surface area contributed by atoms with E-state index in [9.17, 15) is 5.11 Å². The Bertz CT molecular complexity index is 355. The van der Waals surface area contributed by atoms with E-state index in [0.717, 1.165) is 12.0 Å². The molecule has 80 valence electrons. The zero-order valence-corrected chi connectivity index (χ0v) is 8.86. The number of unbranched alkanes of at least 4 members (excludes halogenated alkanes) is 1. The summed E-state index contributed by atoms with van der Waals surface area (Å²) in [5, 5.41) is 18.2. The van der Waals surface area contributed by atoms with Crippen molar-refractivity contribution < 1.29 is 9.84 Å². The molecule has 3 nitrogen and oxygen atoms in total. The summed E-state index contributed by atoms with van der Waals surface area (Å²) in [5.41, 5.74) is 0.844. The lowest BCUT2D eigenvalue weighted by Gasteiger charge is -2.09. The van der Waals surface area contributed by atoms with Gasteiger partial charge in [0.2, 0.25) is 0 Å². The minimum atomic E-state index is 0.206. The highest BCUT2D eigenvalue weighted by Gasteiger charge is 2.06. The summed E-state index contributed by atoms with van der Waals surface area (Å²) in [6, 6.07) is 7.54. The molecule has 0 atom stereocenters. The van der Waals surface area contributed by atoms with Crippen LogP contribution in [0.25, 0.3) is 0 Å². The Morgan fingerprint density at radius 1 is 1.47 bits per heavy atom. The Hall–Kier alpha value is -1.69. The van der Waals surface area contributed by atoms with Crippen LogP contribution in [0, 0.1) is 11.3 Å². The number of hydrogen-bond acceptors (Lipinski definition) is 3. The van der Waals surface area contributed by atoms with Crippen LogP contribution in [0.5, 0.6) is 11.5 Å². The van der Waals surface area contributed by atoms with E-state index in [1.54, 1.807) is 6.07 Å². The molecule has 15 heavy (non-hydrogen) atoms. The zero-order chi connectivity index (χ0) is 11.1. The van der Waals surface area contributed by atoms with Gasteiger partial charge in [-0.1, -0.05) is 12.1 Å². The van der Waals surface area contributed by atoms with Gasteiger partial charge in [-0.3, -0.25) is 0 Å². The van der Waals surface area contributed by atoms with Gasteiger partial charge in [0.05, 0.1) is 12.7 Å². The van der Waals surface area contributed by atoms with Crippen molar-refractivity contribution in [2.24, 2.45) is 0 Å². The Labute approximate surface area is 89.9 Å². The molecular formula is C12H15NO2. The normalized spacial score (nSPS) is 9.60. The van der Waals surface area contributed by atoms with Gasteiger partial charge in [-0.25, -0.2) is 0 Å². The number of nitriles is 1. The first kappa shape index (κ1) is 11.4. The molecule has 3 heteroatoms. The number of aryl methyl sites for hydroxylation is 1. The van der Waals surface area contributed by atoms with Gasteiger partial charge in [-0.05, 0) is 31.4 Å². The number of para-hydroxylation sites is 1. The maximum Gasteiger partial charge on any atom is 0.161 e. The zero-order valence-electron chi connectivity index (χ0n) is 8.86. The fraction of sp³-hybridized carbons (Fsp3) is 0.417. The Morgan fingerprint density at radius 2 is 2.27 bits per heavy atom. The summed E-state index contributed by atoms with van der Waals surface area (Å²) >= 11 is 0. The number of nitrogens with zero attached hydrogens (tertiary/aromatic N) is 1. The fourth-order valence-electron chi connectivity index (χ4n) is 1.40. The number of phenols is 1. The molecule has 0 radical (unpaired) electrons. The van der Waals surface area contributed by atoms with Crippen molar-refractivity contribution in [1.82, 2.24) is 0 Å². The number of benzene rings is 1. The van der Waals surface area contributed by atoms with Crippen LogP contribution in [-0.4, -0.2) is 11.7 Å². The van der Waals surface area contributed by atoms with Crippen LogP contribution in [0.2, 0.25) is 0 Å². The molecule has 0 aliphatic rings. The first-order chi connectivity index (χ1) is 7.29. The number of rotatable bonds is 5. The molecule has 0 aliphatic carbocycles. The predicted molar refractivity (Wildman–Crippen MR) is 57.8 cm³/mol. The maximum atomic E-state index is 9.81. The fourth-order valence-corrected chi connectivity index (χ4v) is 1.40. The van der Waals surface area contributed by atoms with E-state index in [1.807, 2.05) is 19.1 Å². The molecule has 0 amide bonds. The van der Waals surface area contributed by atoms with E-state index >= 15 is 0 Å². The molecule has 0 heterocycles. The van der Waals surface area contributed by atoms with E-state index in [4.69, 9.17) is 10.00 Å². The molecule has 1 aromatic carbocycles. The third kappa shape index (κ3) is 3.17. The summed E-state index contributed by atoms with van der Waals surface area (Å²) in [4.78, 5) is 0. The van der Waals surface area contributed by atoms with Crippen LogP contribution in [0.4, 0.5) is 0 Å². The van der Waals surface area contributed by atoms with Crippen LogP contribution in [0.15, 0.2) is 18.2 Å². The first-order valence-corrected chi connectivity index (χ1v) is 5.10. The molecular weight excluding hydrogens is 190 g/mol.